The SMILES string of the molecule is O=C(CCNc1scnc1C(=O)O)NC1CC1. The molecule has 0 bridgehead atoms. The van der Waals surface area contributed by atoms with Crippen LogP contribution in [0.15, 0.2) is 5.51 Å². The molecule has 6 nitrogen and oxygen atoms in total. The molecule has 92 valence electrons. The van der Waals surface area contributed by atoms with Gasteiger partial charge in [0.15, 0.2) is 5.69 Å². The Kier molecular flexibility index (Phi) is 3.58. The number of amides is 1. The van der Waals surface area contributed by atoms with Crippen LogP contribution in [0.2, 0.25) is 0 Å². The Bertz CT molecular complexity index is 428. The summed E-state index contributed by atoms with van der Waals surface area (Å²) in [5.74, 6) is -1.06. The minimum absolute atomic E-state index is 0.00129. The summed E-state index contributed by atoms with van der Waals surface area (Å²) in [7, 11) is 0. The maximum absolute atomic E-state index is 11.4. The number of nitrogens with zero attached hydrogens (tertiary/aromatic N) is 1. The van der Waals surface area contributed by atoms with Crippen molar-refractivity contribution < 1.29 is 14.7 Å². The van der Waals surface area contributed by atoms with Gasteiger partial charge in [-0.05, 0) is 12.8 Å². The van der Waals surface area contributed by atoms with Gasteiger partial charge in [0.1, 0.15) is 5.00 Å². The topological polar surface area (TPSA) is 91.3 Å². The third-order valence-electron chi connectivity index (χ3n) is 2.35. The molecule has 0 aliphatic heterocycles. The first-order valence-corrected chi connectivity index (χ1v) is 6.25. The summed E-state index contributed by atoms with van der Waals surface area (Å²) in [6.45, 7) is 0.418. The monoisotopic (exact) mass is 255 g/mol. The minimum Gasteiger partial charge on any atom is -0.476 e. The molecule has 0 unspecified atom stereocenters. The molecule has 17 heavy (non-hydrogen) atoms. The van der Waals surface area contributed by atoms with Crippen LogP contribution in [-0.2, 0) is 4.79 Å². The molecule has 0 aromatic carbocycles. The van der Waals surface area contributed by atoms with Gasteiger partial charge in [0.25, 0.3) is 0 Å². The summed E-state index contributed by atoms with van der Waals surface area (Å²) in [6.07, 6.45) is 2.47. The number of nitrogens with one attached hydrogen (secondary N) is 2. The van der Waals surface area contributed by atoms with E-state index >= 15 is 0 Å². The van der Waals surface area contributed by atoms with E-state index in [1.165, 1.54) is 16.8 Å². The van der Waals surface area contributed by atoms with Crippen LogP contribution < -0.4 is 10.6 Å². The average Bonchev–Trinajstić information content (AvgIpc) is 2.94. The van der Waals surface area contributed by atoms with Crippen LogP contribution in [0.25, 0.3) is 0 Å². The van der Waals surface area contributed by atoms with E-state index in [1.54, 1.807) is 0 Å². The number of carbonyl (C=O) groups is 2. The quantitative estimate of drug-likeness (QED) is 0.703. The van der Waals surface area contributed by atoms with E-state index in [0.717, 1.165) is 12.8 Å². The second-order valence-electron chi connectivity index (χ2n) is 3.85. The van der Waals surface area contributed by atoms with Crippen molar-refractivity contribution >= 4 is 28.2 Å². The van der Waals surface area contributed by atoms with Crippen molar-refractivity contribution in [3.05, 3.63) is 11.2 Å². The van der Waals surface area contributed by atoms with E-state index in [-0.39, 0.29) is 11.6 Å². The number of anilines is 1. The molecule has 1 saturated carbocycles. The van der Waals surface area contributed by atoms with Crippen molar-refractivity contribution in [2.75, 3.05) is 11.9 Å². The molecule has 1 aliphatic carbocycles. The van der Waals surface area contributed by atoms with E-state index in [4.69, 9.17) is 5.11 Å². The van der Waals surface area contributed by atoms with E-state index in [9.17, 15) is 9.59 Å². The Morgan fingerprint density at radius 2 is 2.29 bits per heavy atom. The second-order valence-corrected chi connectivity index (χ2v) is 4.71. The van der Waals surface area contributed by atoms with Crippen molar-refractivity contribution in [1.29, 1.82) is 0 Å². The Morgan fingerprint density at radius 3 is 2.94 bits per heavy atom. The van der Waals surface area contributed by atoms with Gasteiger partial charge in [0.2, 0.25) is 5.91 Å². The highest BCUT2D eigenvalue weighted by Crippen LogP contribution is 2.20. The van der Waals surface area contributed by atoms with E-state index in [2.05, 4.69) is 15.6 Å². The predicted octanol–water partition coefficient (Wildman–Crippen LogP) is 0.922. The first-order valence-electron chi connectivity index (χ1n) is 5.37. The van der Waals surface area contributed by atoms with Crippen molar-refractivity contribution in [1.82, 2.24) is 10.3 Å². The van der Waals surface area contributed by atoms with Crippen LogP contribution in [0.3, 0.4) is 0 Å². The molecule has 7 heteroatoms. The second kappa shape index (κ2) is 5.13. The molecule has 1 aliphatic rings. The average molecular weight is 255 g/mol. The van der Waals surface area contributed by atoms with E-state index in [1.807, 2.05) is 0 Å². The Balaban J connectivity index is 1.75. The number of hydrogen-bond donors (Lipinski definition) is 3. The lowest BCUT2D eigenvalue weighted by Gasteiger charge is -2.05. The number of thiazole rings is 1. The number of aromatic nitrogens is 1. The van der Waals surface area contributed by atoms with Crippen LogP contribution in [-0.4, -0.2) is 34.6 Å². The number of carboxylic acid groups (broad SMARTS) is 1. The fourth-order valence-corrected chi connectivity index (χ4v) is 2.04. The normalized spacial score (nSPS) is 14.4. The van der Waals surface area contributed by atoms with E-state index < -0.39 is 5.97 Å². The third kappa shape index (κ3) is 3.42. The third-order valence-corrected chi connectivity index (χ3v) is 3.13. The fourth-order valence-electron chi connectivity index (χ4n) is 1.34. The van der Waals surface area contributed by atoms with Crippen molar-refractivity contribution in [3.63, 3.8) is 0 Å². The molecule has 1 amide bonds. The molecule has 3 N–H and O–H groups in total. The molecule has 0 atom stereocenters. The van der Waals surface area contributed by atoms with Crippen LogP contribution in [0, 0.1) is 0 Å². The minimum atomic E-state index is -1.06. The lowest BCUT2D eigenvalue weighted by Crippen LogP contribution is -2.27. The zero-order valence-electron chi connectivity index (χ0n) is 9.10. The summed E-state index contributed by atoms with van der Waals surface area (Å²) >= 11 is 1.22. The number of carboxylic acids is 1. The maximum atomic E-state index is 11.4. The summed E-state index contributed by atoms with van der Waals surface area (Å²) < 4.78 is 0. The highest BCUT2D eigenvalue weighted by molar-refractivity contribution is 7.14. The lowest BCUT2D eigenvalue weighted by atomic mass is 10.4. The Morgan fingerprint density at radius 1 is 1.53 bits per heavy atom. The van der Waals surface area contributed by atoms with Gasteiger partial charge >= 0.3 is 5.97 Å². The van der Waals surface area contributed by atoms with E-state index in [0.29, 0.717) is 24.0 Å². The molecule has 0 spiro atoms. The van der Waals surface area contributed by atoms with Gasteiger partial charge in [-0.3, -0.25) is 4.79 Å². The molecular formula is C10H13N3O3S. The predicted molar refractivity (Wildman–Crippen MR) is 63.3 cm³/mol. The molecule has 1 aromatic heterocycles. The van der Waals surface area contributed by atoms with Gasteiger partial charge in [-0.25, -0.2) is 9.78 Å². The number of aromatic carboxylic acids is 1. The van der Waals surface area contributed by atoms with Crippen molar-refractivity contribution in [2.45, 2.75) is 25.3 Å². The summed E-state index contributed by atoms with van der Waals surface area (Å²) in [5, 5.41) is 15.1. The highest BCUT2D eigenvalue weighted by atomic mass is 32.1. The molecule has 0 radical (unpaired) electrons. The first-order chi connectivity index (χ1) is 8.16. The zero-order valence-corrected chi connectivity index (χ0v) is 9.92. The molecule has 1 aromatic rings. The number of hydrogen-bond acceptors (Lipinski definition) is 5. The van der Waals surface area contributed by atoms with Gasteiger partial charge in [-0.15, -0.1) is 11.3 Å². The van der Waals surface area contributed by atoms with Crippen molar-refractivity contribution in [2.24, 2.45) is 0 Å². The standard InChI is InChI=1S/C10H13N3O3S/c14-7(13-6-1-2-6)3-4-11-9-8(10(15)16)12-5-17-9/h5-6,11H,1-4H2,(H,13,14)(H,15,16). The number of rotatable bonds is 6. The molecular weight excluding hydrogens is 242 g/mol. The number of carbonyl (C=O) groups excluding carboxylic acids is 1. The molecule has 1 heterocycles. The largest absolute Gasteiger partial charge is 0.476 e. The highest BCUT2D eigenvalue weighted by Gasteiger charge is 2.22. The van der Waals surface area contributed by atoms with Gasteiger partial charge in [-0.1, -0.05) is 0 Å². The van der Waals surface area contributed by atoms with Gasteiger partial charge in [0.05, 0.1) is 5.51 Å². The lowest BCUT2D eigenvalue weighted by molar-refractivity contribution is -0.120. The van der Waals surface area contributed by atoms with Gasteiger partial charge in [0, 0.05) is 19.0 Å². The van der Waals surface area contributed by atoms with Gasteiger partial charge < -0.3 is 15.7 Å². The fraction of sp³-hybridized carbons (Fsp3) is 0.500. The Labute approximate surface area is 102 Å². The van der Waals surface area contributed by atoms with Crippen LogP contribution in [0.1, 0.15) is 29.8 Å². The first kappa shape index (κ1) is 11.8. The smallest absolute Gasteiger partial charge is 0.357 e. The summed E-state index contributed by atoms with van der Waals surface area (Å²) in [5.41, 5.74) is 1.48. The Hall–Kier alpha value is -1.63. The molecule has 1 fully saturated rings. The summed E-state index contributed by atoms with van der Waals surface area (Å²) in [6, 6.07) is 0.362. The van der Waals surface area contributed by atoms with Crippen LogP contribution >= 0.6 is 11.3 Å². The van der Waals surface area contributed by atoms with Crippen LogP contribution in [0.5, 0.6) is 0 Å². The van der Waals surface area contributed by atoms with Gasteiger partial charge in [-0.2, -0.15) is 0 Å². The molecule has 0 saturated heterocycles. The van der Waals surface area contributed by atoms with Crippen LogP contribution in [0.4, 0.5) is 5.00 Å². The summed E-state index contributed by atoms with van der Waals surface area (Å²) in [4.78, 5) is 25.8. The maximum Gasteiger partial charge on any atom is 0.357 e. The molecule has 2 rings (SSSR count). The van der Waals surface area contributed by atoms with Crippen molar-refractivity contribution in [3.8, 4) is 0 Å². The zero-order chi connectivity index (χ0) is 12.3.